The van der Waals surface area contributed by atoms with Crippen LogP contribution in [0.1, 0.15) is 40.7 Å². The standard InChI is InChI=1S/C21H23N5O/c27-19(22-20-23-21(25-24-20)26-13-7-2-8-14-26)18-12-6-5-11-17(18)15-16-9-3-1-4-10-16/h1,3-6,9-12H,2,7-8,13-15H2,(H2,22,23,24,25,27). The predicted molar refractivity (Wildman–Crippen MR) is 106 cm³/mol. The van der Waals surface area contributed by atoms with E-state index in [9.17, 15) is 4.79 Å². The molecule has 2 N–H and O–H groups in total. The summed E-state index contributed by atoms with van der Waals surface area (Å²) in [6.07, 6.45) is 4.27. The van der Waals surface area contributed by atoms with E-state index >= 15 is 0 Å². The van der Waals surface area contributed by atoms with Crippen molar-refractivity contribution in [3.63, 3.8) is 0 Å². The Morgan fingerprint density at radius 1 is 1.00 bits per heavy atom. The fraction of sp³-hybridized carbons (Fsp3) is 0.286. The maximum atomic E-state index is 12.8. The first kappa shape index (κ1) is 17.3. The summed E-state index contributed by atoms with van der Waals surface area (Å²) in [5.41, 5.74) is 2.80. The highest BCUT2D eigenvalue weighted by Crippen LogP contribution is 2.18. The Hall–Kier alpha value is -3.15. The number of carbonyl (C=O) groups excluding carboxylic acids is 1. The zero-order chi connectivity index (χ0) is 18.5. The van der Waals surface area contributed by atoms with Crippen molar-refractivity contribution in [1.29, 1.82) is 0 Å². The van der Waals surface area contributed by atoms with E-state index < -0.39 is 0 Å². The number of rotatable bonds is 5. The molecule has 1 aliphatic rings. The van der Waals surface area contributed by atoms with Gasteiger partial charge in [-0.2, -0.15) is 4.98 Å². The van der Waals surface area contributed by atoms with Gasteiger partial charge in [-0.05, 0) is 42.9 Å². The average molecular weight is 361 g/mol. The molecule has 0 saturated carbocycles. The van der Waals surface area contributed by atoms with E-state index in [4.69, 9.17) is 0 Å². The van der Waals surface area contributed by atoms with Crippen molar-refractivity contribution < 1.29 is 4.79 Å². The lowest BCUT2D eigenvalue weighted by Gasteiger charge is -2.24. The Morgan fingerprint density at radius 2 is 1.74 bits per heavy atom. The van der Waals surface area contributed by atoms with Crippen LogP contribution < -0.4 is 10.2 Å². The van der Waals surface area contributed by atoms with Crippen LogP contribution in [0.2, 0.25) is 0 Å². The molecule has 4 rings (SSSR count). The number of carbonyl (C=O) groups is 1. The second-order valence-corrected chi connectivity index (χ2v) is 6.81. The molecule has 2 aromatic carbocycles. The van der Waals surface area contributed by atoms with Gasteiger partial charge >= 0.3 is 0 Å². The Balaban J connectivity index is 1.48. The minimum atomic E-state index is -0.178. The van der Waals surface area contributed by atoms with Crippen LogP contribution in [0, 0.1) is 0 Å². The van der Waals surface area contributed by atoms with Crippen molar-refractivity contribution in [2.24, 2.45) is 0 Å². The lowest BCUT2D eigenvalue weighted by molar-refractivity contribution is 0.102. The number of anilines is 2. The van der Waals surface area contributed by atoms with Crippen LogP contribution in [-0.4, -0.2) is 34.2 Å². The molecule has 1 amide bonds. The first-order valence-electron chi connectivity index (χ1n) is 9.40. The molecule has 1 fully saturated rings. The molecule has 0 aliphatic carbocycles. The molecule has 0 bridgehead atoms. The first-order valence-corrected chi connectivity index (χ1v) is 9.40. The molecule has 3 aromatic rings. The normalized spacial score (nSPS) is 14.1. The number of H-pyrrole nitrogens is 1. The Morgan fingerprint density at radius 3 is 2.56 bits per heavy atom. The summed E-state index contributed by atoms with van der Waals surface area (Å²) in [6, 6.07) is 17.8. The van der Waals surface area contributed by atoms with Crippen molar-refractivity contribution >= 4 is 17.8 Å². The van der Waals surface area contributed by atoms with E-state index in [1.165, 1.54) is 12.0 Å². The van der Waals surface area contributed by atoms with Crippen LogP contribution in [0.5, 0.6) is 0 Å². The van der Waals surface area contributed by atoms with Crippen molar-refractivity contribution in [2.75, 3.05) is 23.3 Å². The highest BCUT2D eigenvalue weighted by Gasteiger charge is 2.17. The van der Waals surface area contributed by atoms with Gasteiger partial charge in [0.25, 0.3) is 5.91 Å². The minimum absolute atomic E-state index is 0.178. The van der Waals surface area contributed by atoms with Crippen LogP contribution in [-0.2, 0) is 6.42 Å². The summed E-state index contributed by atoms with van der Waals surface area (Å²) in [5.74, 6) is 0.862. The monoisotopic (exact) mass is 361 g/mol. The average Bonchev–Trinajstić information content (AvgIpc) is 3.18. The Labute approximate surface area is 158 Å². The molecule has 27 heavy (non-hydrogen) atoms. The summed E-state index contributed by atoms with van der Waals surface area (Å²) in [7, 11) is 0. The van der Waals surface area contributed by atoms with Gasteiger partial charge in [-0.3, -0.25) is 10.1 Å². The second kappa shape index (κ2) is 8.03. The number of benzene rings is 2. The van der Waals surface area contributed by atoms with Crippen LogP contribution in [0.4, 0.5) is 11.9 Å². The summed E-state index contributed by atoms with van der Waals surface area (Å²) in [6.45, 7) is 1.93. The van der Waals surface area contributed by atoms with E-state index in [2.05, 4.69) is 37.5 Å². The van der Waals surface area contributed by atoms with E-state index in [0.29, 0.717) is 23.9 Å². The van der Waals surface area contributed by atoms with Crippen molar-refractivity contribution in [3.8, 4) is 0 Å². The van der Waals surface area contributed by atoms with Gasteiger partial charge in [0, 0.05) is 18.7 Å². The van der Waals surface area contributed by atoms with Crippen LogP contribution in [0.3, 0.4) is 0 Å². The third kappa shape index (κ3) is 4.16. The third-order valence-electron chi connectivity index (χ3n) is 4.84. The second-order valence-electron chi connectivity index (χ2n) is 6.81. The molecule has 0 atom stereocenters. The van der Waals surface area contributed by atoms with Gasteiger partial charge in [0.05, 0.1) is 0 Å². The zero-order valence-electron chi connectivity index (χ0n) is 15.2. The first-order chi connectivity index (χ1) is 13.3. The Bertz CT molecular complexity index is 900. The maximum Gasteiger partial charge on any atom is 0.258 e. The van der Waals surface area contributed by atoms with E-state index in [-0.39, 0.29) is 5.91 Å². The molecule has 6 nitrogen and oxygen atoms in total. The largest absolute Gasteiger partial charge is 0.340 e. The molecule has 6 heteroatoms. The summed E-state index contributed by atoms with van der Waals surface area (Å²) < 4.78 is 0. The summed E-state index contributed by atoms with van der Waals surface area (Å²) >= 11 is 0. The van der Waals surface area contributed by atoms with E-state index in [0.717, 1.165) is 31.5 Å². The smallest absolute Gasteiger partial charge is 0.258 e. The van der Waals surface area contributed by atoms with Crippen molar-refractivity contribution in [3.05, 3.63) is 71.3 Å². The number of piperidine rings is 1. The Kier molecular flexibility index (Phi) is 5.14. The molecule has 2 heterocycles. The van der Waals surface area contributed by atoms with Crippen LogP contribution >= 0.6 is 0 Å². The fourth-order valence-electron chi connectivity index (χ4n) is 3.43. The predicted octanol–water partition coefficient (Wildman–Crippen LogP) is 3.64. The van der Waals surface area contributed by atoms with Gasteiger partial charge in [-0.15, -0.1) is 5.10 Å². The molecule has 0 radical (unpaired) electrons. The van der Waals surface area contributed by atoms with Gasteiger partial charge in [-0.25, -0.2) is 5.10 Å². The van der Waals surface area contributed by atoms with Gasteiger partial charge in [0.15, 0.2) is 0 Å². The van der Waals surface area contributed by atoms with Gasteiger partial charge in [-0.1, -0.05) is 48.5 Å². The van der Waals surface area contributed by atoms with Crippen LogP contribution in [0.25, 0.3) is 0 Å². The number of nitrogens with one attached hydrogen (secondary N) is 2. The molecule has 1 aromatic heterocycles. The van der Waals surface area contributed by atoms with Gasteiger partial charge < -0.3 is 4.90 Å². The van der Waals surface area contributed by atoms with Crippen molar-refractivity contribution in [1.82, 2.24) is 15.2 Å². The number of hydrogen-bond donors (Lipinski definition) is 2. The number of aromatic amines is 1. The molecule has 1 saturated heterocycles. The van der Waals surface area contributed by atoms with Gasteiger partial charge in [0.1, 0.15) is 0 Å². The lowest BCUT2D eigenvalue weighted by Crippen LogP contribution is -2.30. The number of amides is 1. The lowest BCUT2D eigenvalue weighted by atomic mass is 9.99. The van der Waals surface area contributed by atoms with Crippen LogP contribution in [0.15, 0.2) is 54.6 Å². The number of nitrogens with zero attached hydrogens (tertiary/aromatic N) is 3. The summed E-state index contributed by atoms with van der Waals surface area (Å²) in [4.78, 5) is 19.4. The quantitative estimate of drug-likeness (QED) is 0.728. The SMILES string of the molecule is O=C(Nc1nc(N2CCCCC2)n[nH]1)c1ccccc1Cc1ccccc1. The fourth-order valence-corrected chi connectivity index (χ4v) is 3.43. The molecule has 138 valence electrons. The highest BCUT2D eigenvalue weighted by molar-refractivity contribution is 6.04. The highest BCUT2D eigenvalue weighted by atomic mass is 16.1. The number of hydrogen-bond acceptors (Lipinski definition) is 4. The number of aromatic nitrogens is 3. The summed E-state index contributed by atoms with van der Waals surface area (Å²) in [5, 5.41) is 9.94. The van der Waals surface area contributed by atoms with Gasteiger partial charge in [0.2, 0.25) is 11.9 Å². The maximum absolute atomic E-state index is 12.8. The molecular weight excluding hydrogens is 338 g/mol. The topological polar surface area (TPSA) is 73.9 Å². The minimum Gasteiger partial charge on any atom is -0.340 e. The molecule has 0 spiro atoms. The van der Waals surface area contributed by atoms with E-state index in [1.54, 1.807) is 0 Å². The molecule has 1 aliphatic heterocycles. The third-order valence-corrected chi connectivity index (χ3v) is 4.84. The molecule has 0 unspecified atom stereocenters. The van der Waals surface area contributed by atoms with Crippen molar-refractivity contribution in [2.45, 2.75) is 25.7 Å². The zero-order valence-corrected chi connectivity index (χ0v) is 15.2. The van der Waals surface area contributed by atoms with E-state index in [1.807, 2.05) is 42.5 Å². The molecular formula is C21H23N5O.